The molecule has 0 aliphatic rings. The first kappa shape index (κ1) is 20.3. The zero-order valence-corrected chi connectivity index (χ0v) is 15.8. The highest BCUT2D eigenvalue weighted by atomic mass is 19.4. The summed E-state index contributed by atoms with van der Waals surface area (Å²) in [6, 6.07) is 5.36. The van der Waals surface area contributed by atoms with Gasteiger partial charge in [0.1, 0.15) is 0 Å². The molecule has 1 atom stereocenters. The first-order valence-corrected chi connectivity index (χ1v) is 8.53. The third kappa shape index (κ3) is 3.91. The highest BCUT2D eigenvalue weighted by Gasteiger charge is 2.31. The van der Waals surface area contributed by atoms with E-state index < -0.39 is 23.3 Å². The van der Waals surface area contributed by atoms with Crippen molar-refractivity contribution in [2.24, 2.45) is 7.05 Å². The molecule has 0 spiro atoms. The fourth-order valence-corrected chi connectivity index (χ4v) is 3.01. The van der Waals surface area contributed by atoms with Gasteiger partial charge in [-0.15, -0.1) is 0 Å². The van der Waals surface area contributed by atoms with Gasteiger partial charge in [0.15, 0.2) is 17.3 Å². The number of anilines is 2. The van der Waals surface area contributed by atoms with Crippen molar-refractivity contribution in [1.82, 2.24) is 9.78 Å². The maximum Gasteiger partial charge on any atom is 0.416 e. The van der Waals surface area contributed by atoms with Crippen molar-refractivity contribution in [3.8, 4) is 11.5 Å². The van der Waals surface area contributed by atoms with E-state index in [0.717, 1.165) is 16.8 Å². The molecule has 1 aromatic heterocycles. The fraction of sp³-hybridized carbons (Fsp3) is 0.263. The van der Waals surface area contributed by atoms with Crippen LogP contribution in [0.5, 0.6) is 11.5 Å². The minimum Gasteiger partial charge on any atom is -0.504 e. The molecule has 0 aliphatic heterocycles. The Morgan fingerprint density at radius 2 is 1.90 bits per heavy atom. The number of aromatic hydroxyl groups is 1. The molecule has 0 saturated heterocycles. The lowest BCUT2D eigenvalue weighted by molar-refractivity contribution is -0.137. The van der Waals surface area contributed by atoms with Gasteiger partial charge in [-0.3, -0.25) is 4.79 Å². The SMILES string of the molecule is COc1cc2c(=O)n(C)nc(NC(C)c3cc(N)cc(C(F)(F)F)c3)c2cc1O. The van der Waals surface area contributed by atoms with Gasteiger partial charge in [0.2, 0.25) is 0 Å². The number of hydrogen-bond acceptors (Lipinski definition) is 6. The third-order valence-electron chi connectivity index (χ3n) is 4.51. The number of nitrogen functional groups attached to an aromatic ring is 1. The summed E-state index contributed by atoms with van der Waals surface area (Å²) in [6.45, 7) is 1.64. The summed E-state index contributed by atoms with van der Waals surface area (Å²) in [6.07, 6.45) is -4.53. The molecular formula is C19H19F3N4O3. The van der Waals surface area contributed by atoms with E-state index in [1.165, 1.54) is 32.4 Å². The van der Waals surface area contributed by atoms with Gasteiger partial charge in [-0.2, -0.15) is 18.3 Å². The number of hydrogen-bond donors (Lipinski definition) is 3. The molecule has 7 nitrogen and oxygen atoms in total. The number of aromatic nitrogens is 2. The molecule has 3 aromatic rings. The van der Waals surface area contributed by atoms with Crippen LogP contribution in [0, 0.1) is 0 Å². The minimum absolute atomic E-state index is 0.0239. The van der Waals surface area contributed by atoms with Gasteiger partial charge in [0.25, 0.3) is 5.56 Å². The summed E-state index contributed by atoms with van der Waals surface area (Å²) < 4.78 is 45.4. The summed E-state index contributed by atoms with van der Waals surface area (Å²) in [5.74, 6) is 0.128. The average molecular weight is 408 g/mol. The quantitative estimate of drug-likeness (QED) is 0.572. The fourth-order valence-electron chi connectivity index (χ4n) is 3.01. The highest BCUT2D eigenvalue weighted by molar-refractivity contribution is 5.93. The van der Waals surface area contributed by atoms with Gasteiger partial charge in [-0.25, -0.2) is 4.68 Å². The number of phenolic OH excluding ortho intramolecular Hbond substituents is 1. The Kier molecular flexibility index (Phi) is 5.04. The molecule has 1 unspecified atom stereocenters. The molecule has 3 rings (SSSR count). The standard InChI is InChI=1S/C19H19F3N4O3/c1-9(10-4-11(19(20,21)22)6-12(23)5-10)24-17-13-7-15(27)16(29-3)8-14(13)18(28)26(2)25-17/h4-9,27H,23H2,1-3H3,(H,24,25). The Hall–Kier alpha value is -3.43. The molecule has 10 heteroatoms. The summed E-state index contributed by atoms with van der Waals surface area (Å²) in [5.41, 5.74) is 4.63. The van der Waals surface area contributed by atoms with Crippen molar-refractivity contribution in [3.05, 3.63) is 51.8 Å². The molecule has 29 heavy (non-hydrogen) atoms. The van der Waals surface area contributed by atoms with Crippen molar-refractivity contribution in [3.63, 3.8) is 0 Å². The smallest absolute Gasteiger partial charge is 0.416 e. The second-order valence-corrected chi connectivity index (χ2v) is 6.60. The van der Waals surface area contributed by atoms with Gasteiger partial charge >= 0.3 is 6.18 Å². The van der Waals surface area contributed by atoms with Crippen molar-refractivity contribution in [2.75, 3.05) is 18.2 Å². The number of nitrogens with zero attached hydrogens (tertiary/aromatic N) is 2. The predicted molar refractivity (Wildman–Crippen MR) is 103 cm³/mol. The van der Waals surface area contributed by atoms with Crippen molar-refractivity contribution in [1.29, 1.82) is 0 Å². The van der Waals surface area contributed by atoms with Crippen LogP contribution in [0.4, 0.5) is 24.7 Å². The molecule has 0 fully saturated rings. The van der Waals surface area contributed by atoms with E-state index in [4.69, 9.17) is 10.5 Å². The first-order valence-electron chi connectivity index (χ1n) is 8.53. The molecule has 154 valence electrons. The Morgan fingerprint density at radius 3 is 2.52 bits per heavy atom. The summed E-state index contributed by atoms with van der Waals surface area (Å²) >= 11 is 0. The van der Waals surface area contributed by atoms with Crippen LogP contribution in [-0.2, 0) is 13.2 Å². The van der Waals surface area contributed by atoms with E-state index in [9.17, 15) is 23.1 Å². The number of rotatable bonds is 4. The van der Waals surface area contributed by atoms with Crippen LogP contribution < -0.4 is 21.3 Å². The van der Waals surface area contributed by atoms with Gasteiger partial charge in [-0.1, -0.05) is 0 Å². The molecule has 0 aliphatic carbocycles. The van der Waals surface area contributed by atoms with Crippen LogP contribution in [0.1, 0.15) is 24.1 Å². The number of nitrogens with one attached hydrogen (secondary N) is 1. The van der Waals surface area contributed by atoms with Crippen LogP contribution >= 0.6 is 0 Å². The van der Waals surface area contributed by atoms with Gasteiger partial charge in [0, 0.05) is 18.1 Å². The van der Waals surface area contributed by atoms with Crippen molar-refractivity contribution in [2.45, 2.75) is 19.1 Å². The lowest BCUT2D eigenvalue weighted by Gasteiger charge is -2.19. The molecule has 0 amide bonds. The van der Waals surface area contributed by atoms with E-state index in [-0.39, 0.29) is 28.4 Å². The average Bonchev–Trinajstić information content (AvgIpc) is 2.64. The molecule has 0 saturated carbocycles. The Morgan fingerprint density at radius 1 is 1.21 bits per heavy atom. The van der Waals surface area contributed by atoms with Gasteiger partial charge < -0.3 is 20.9 Å². The maximum atomic E-state index is 13.1. The van der Waals surface area contributed by atoms with Gasteiger partial charge in [0.05, 0.1) is 24.1 Å². The van der Waals surface area contributed by atoms with Crippen LogP contribution in [0.15, 0.2) is 35.1 Å². The van der Waals surface area contributed by atoms with E-state index in [0.29, 0.717) is 10.9 Å². The number of halogens is 3. The number of ether oxygens (including phenoxy) is 1. The molecule has 2 aromatic carbocycles. The lowest BCUT2D eigenvalue weighted by Crippen LogP contribution is -2.22. The number of phenols is 1. The second kappa shape index (κ2) is 7.19. The third-order valence-corrected chi connectivity index (χ3v) is 4.51. The number of methoxy groups -OCH3 is 1. The number of fused-ring (bicyclic) bond motifs is 1. The van der Waals surface area contributed by atoms with Gasteiger partial charge in [-0.05, 0) is 42.8 Å². The topological polar surface area (TPSA) is 102 Å². The van der Waals surface area contributed by atoms with E-state index >= 15 is 0 Å². The minimum atomic E-state index is -4.53. The van der Waals surface area contributed by atoms with Crippen LogP contribution in [0.3, 0.4) is 0 Å². The molecule has 0 bridgehead atoms. The predicted octanol–water partition coefficient (Wildman–Crippen LogP) is 3.42. The summed E-state index contributed by atoms with van der Waals surface area (Å²) in [5, 5.41) is 17.7. The van der Waals surface area contributed by atoms with E-state index in [1.807, 2.05) is 0 Å². The Balaban J connectivity index is 2.09. The van der Waals surface area contributed by atoms with Crippen LogP contribution in [-0.4, -0.2) is 22.0 Å². The number of alkyl halides is 3. The number of aryl methyl sites for hydroxylation is 1. The Labute approximate surface area is 163 Å². The number of nitrogens with two attached hydrogens (primary N) is 1. The Bertz CT molecular complexity index is 1140. The number of benzene rings is 2. The zero-order chi connectivity index (χ0) is 21.5. The lowest BCUT2D eigenvalue weighted by atomic mass is 10.0. The first-order chi connectivity index (χ1) is 13.5. The maximum absolute atomic E-state index is 13.1. The van der Waals surface area contributed by atoms with Crippen LogP contribution in [0.2, 0.25) is 0 Å². The van der Waals surface area contributed by atoms with Crippen LogP contribution in [0.25, 0.3) is 10.8 Å². The molecular weight excluding hydrogens is 389 g/mol. The molecule has 4 N–H and O–H groups in total. The van der Waals surface area contributed by atoms with E-state index in [1.54, 1.807) is 6.92 Å². The normalized spacial score (nSPS) is 12.8. The highest BCUT2D eigenvalue weighted by Crippen LogP contribution is 2.35. The molecule has 0 radical (unpaired) electrons. The van der Waals surface area contributed by atoms with Crippen molar-refractivity contribution < 1.29 is 23.0 Å². The van der Waals surface area contributed by atoms with Crippen molar-refractivity contribution >= 4 is 22.3 Å². The van der Waals surface area contributed by atoms with E-state index in [2.05, 4.69) is 10.4 Å². The summed E-state index contributed by atoms with van der Waals surface area (Å²) in [4.78, 5) is 12.4. The molecule has 1 heterocycles. The monoisotopic (exact) mass is 408 g/mol. The largest absolute Gasteiger partial charge is 0.504 e. The zero-order valence-electron chi connectivity index (χ0n) is 15.8. The summed E-state index contributed by atoms with van der Waals surface area (Å²) in [7, 11) is 2.80. The second-order valence-electron chi connectivity index (χ2n) is 6.60.